The molecular weight excluding hydrogens is 422 g/mol. The molecule has 1 unspecified atom stereocenters. The number of benzene rings is 2. The Bertz CT molecular complexity index is 1030. The van der Waals surface area contributed by atoms with Gasteiger partial charge in [-0.2, -0.15) is 0 Å². The summed E-state index contributed by atoms with van der Waals surface area (Å²) in [7, 11) is 3.26. The first-order valence-electron chi connectivity index (χ1n) is 11.2. The van der Waals surface area contributed by atoms with Crippen LogP contribution in [-0.2, 0) is 11.2 Å². The van der Waals surface area contributed by atoms with Gasteiger partial charge < -0.3 is 14.8 Å². The third-order valence-electron chi connectivity index (χ3n) is 6.28. The van der Waals surface area contributed by atoms with Crippen LogP contribution < -0.4 is 14.8 Å². The SMILES string of the molecule is COc1ccc(CCNC(=O)C(C)N2CCC(c3nc4ccccc4s3)CC2)cc1OC. The van der Waals surface area contributed by atoms with Crippen LogP contribution >= 0.6 is 11.3 Å². The summed E-state index contributed by atoms with van der Waals surface area (Å²) >= 11 is 1.81. The molecule has 32 heavy (non-hydrogen) atoms. The smallest absolute Gasteiger partial charge is 0.237 e. The number of carbonyl (C=O) groups is 1. The Labute approximate surface area is 193 Å². The molecule has 1 aliphatic heterocycles. The number of nitrogens with zero attached hydrogens (tertiary/aromatic N) is 2. The van der Waals surface area contributed by atoms with Crippen LogP contribution in [-0.4, -0.2) is 55.7 Å². The number of thiazole rings is 1. The number of hydrogen-bond acceptors (Lipinski definition) is 6. The fourth-order valence-corrected chi connectivity index (χ4v) is 5.41. The molecule has 1 amide bonds. The van der Waals surface area contributed by atoms with Crippen molar-refractivity contribution in [2.75, 3.05) is 33.9 Å². The van der Waals surface area contributed by atoms with E-state index < -0.39 is 0 Å². The maximum absolute atomic E-state index is 12.7. The number of nitrogens with one attached hydrogen (secondary N) is 1. The number of ether oxygens (including phenoxy) is 2. The molecule has 0 saturated carbocycles. The van der Waals surface area contributed by atoms with Crippen molar-refractivity contribution in [2.45, 2.75) is 38.1 Å². The lowest BCUT2D eigenvalue weighted by Crippen LogP contribution is -2.48. The highest BCUT2D eigenvalue weighted by atomic mass is 32.1. The Balaban J connectivity index is 1.25. The molecule has 1 fully saturated rings. The van der Waals surface area contributed by atoms with Crippen molar-refractivity contribution >= 4 is 27.5 Å². The second-order valence-electron chi connectivity index (χ2n) is 8.24. The minimum Gasteiger partial charge on any atom is -0.493 e. The summed E-state index contributed by atoms with van der Waals surface area (Å²) in [5, 5.41) is 4.33. The van der Waals surface area contributed by atoms with Crippen molar-refractivity contribution in [1.82, 2.24) is 15.2 Å². The molecule has 2 heterocycles. The van der Waals surface area contributed by atoms with E-state index in [0.717, 1.165) is 43.4 Å². The third kappa shape index (κ3) is 5.05. The standard InChI is InChI=1S/C25H31N3O3S/c1-17(24(29)26-13-10-18-8-9-21(30-2)22(16-18)31-3)28-14-11-19(12-15-28)25-27-20-6-4-5-7-23(20)32-25/h4-9,16-17,19H,10-15H2,1-3H3,(H,26,29). The summed E-state index contributed by atoms with van der Waals surface area (Å²) in [5.41, 5.74) is 2.20. The highest BCUT2D eigenvalue weighted by Crippen LogP contribution is 2.34. The van der Waals surface area contributed by atoms with Gasteiger partial charge in [-0.05, 0) is 69.1 Å². The Morgan fingerprint density at radius 1 is 1.16 bits per heavy atom. The maximum atomic E-state index is 12.7. The summed E-state index contributed by atoms with van der Waals surface area (Å²) in [6.07, 6.45) is 2.84. The number of fused-ring (bicyclic) bond motifs is 1. The van der Waals surface area contributed by atoms with Crippen LogP contribution in [0.2, 0.25) is 0 Å². The first kappa shape index (κ1) is 22.6. The van der Waals surface area contributed by atoms with Crippen LogP contribution in [0.25, 0.3) is 10.2 Å². The maximum Gasteiger partial charge on any atom is 0.237 e. The minimum absolute atomic E-state index is 0.0870. The quantitative estimate of drug-likeness (QED) is 0.553. The van der Waals surface area contributed by atoms with Gasteiger partial charge >= 0.3 is 0 Å². The van der Waals surface area contributed by atoms with Crippen LogP contribution in [0.5, 0.6) is 11.5 Å². The molecule has 1 N–H and O–H groups in total. The topological polar surface area (TPSA) is 63.7 Å². The average Bonchev–Trinajstić information content (AvgIpc) is 3.28. The fourth-order valence-electron chi connectivity index (χ4n) is 4.28. The van der Waals surface area contributed by atoms with Gasteiger partial charge in [-0.25, -0.2) is 4.98 Å². The molecule has 170 valence electrons. The normalized spacial score (nSPS) is 16.1. The van der Waals surface area contributed by atoms with E-state index in [0.29, 0.717) is 24.0 Å². The van der Waals surface area contributed by atoms with Crippen molar-refractivity contribution in [3.8, 4) is 11.5 Å². The molecular formula is C25H31N3O3S. The van der Waals surface area contributed by atoms with Gasteiger partial charge in [0.2, 0.25) is 5.91 Å². The Morgan fingerprint density at radius 2 is 1.91 bits per heavy atom. The molecule has 2 aromatic carbocycles. The first-order valence-corrected chi connectivity index (χ1v) is 12.0. The van der Waals surface area contributed by atoms with Crippen LogP contribution in [0, 0.1) is 0 Å². The number of amides is 1. The van der Waals surface area contributed by atoms with Crippen LogP contribution in [0.15, 0.2) is 42.5 Å². The van der Waals surface area contributed by atoms with E-state index in [1.54, 1.807) is 14.2 Å². The van der Waals surface area contributed by atoms with Gasteiger partial charge in [0.25, 0.3) is 0 Å². The number of piperidine rings is 1. The van der Waals surface area contributed by atoms with Crippen molar-refractivity contribution in [3.05, 3.63) is 53.0 Å². The van der Waals surface area contributed by atoms with Gasteiger partial charge in [-0.15, -0.1) is 11.3 Å². The molecule has 6 nitrogen and oxygen atoms in total. The van der Waals surface area contributed by atoms with E-state index in [2.05, 4.69) is 28.4 Å². The lowest BCUT2D eigenvalue weighted by Gasteiger charge is -2.34. The minimum atomic E-state index is -0.128. The Hall–Kier alpha value is -2.64. The molecule has 1 aliphatic rings. The first-order chi connectivity index (χ1) is 15.6. The molecule has 1 saturated heterocycles. The molecule has 4 rings (SSSR count). The monoisotopic (exact) mass is 453 g/mol. The van der Waals surface area contributed by atoms with E-state index >= 15 is 0 Å². The summed E-state index contributed by atoms with van der Waals surface area (Å²) in [6, 6.07) is 14.1. The molecule has 7 heteroatoms. The number of aromatic nitrogens is 1. The van der Waals surface area contributed by atoms with Crippen LogP contribution in [0.1, 0.15) is 36.3 Å². The summed E-state index contributed by atoms with van der Waals surface area (Å²) in [4.78, 5) is 19.8. The second-order valence-corrected chi connectivity index (χ2v) is 9.30. The lowest BCUT2D eigenvalue weighted by atomic mass is 9.96. The van der Waals surface area contributed by atoms with Crippen molar-refractivity contribution in [2.24, 2.45) is 0 Å². The highest BCUT2D eigenvalue weighted by Gasteiger charge is 2.28. The van der Waals surface area contributed by atoms with Gasteiger partial charge in [0.1, 0.15) is 0 Å². The van der Waals surface area contributed by atoms with Crippen molar-refractivity contribution in [1.29, 1.82) is 0 Å². The molecule has 0 radical (unpaired) electrons. The van der Waals surface area contributed by atoms with E-state index in [9.17, 15) is 4.79 Å². The van der Waals surface area contributed by atoms with E-state index in [4.69, 9.17) is 14.5 Å². The van der Waals surface area contributed by atoms with E-state index in [1.807, 2.05) is 42.5 Å². The molecule has 1 atom stereocenters. The molecule has 3 aromatic rings. The molecule has 1 aromatic heterocycles. The fraction of sp³-hybridized carbons (Fsp3) is 0.440. The molecule has 0 aliphatic carbocycles. The zero-order valence-electron chi connectivity index (χ0n) is 19.0. The number of para-hydroxylation sites is 1. The van der Waals surface area contributed by atoms with E-state index in [1.165, 1.54) is 9.71 Å². The zero-order chi connectivity index (χ0) is 22.5. The van der Waals surface area contributed by atoms with Crippen LogP contribution in [0.3, 0.4) is 0 Å². The van der Waals surface area contributed by atoms with Gasteiger partial charge in [0.15, 0.2) is 11.5 Å². The lowest BCUT2D eigenvalue weighted by molar-refractivity contribution is -0.126. The number of hydrogen-bond donors (Lipinski definition) is 1. The van der Waals surface area contributed by atoms with Gasteiger partial charge in [0.05, 0.1) is 35.5 Å². The van der Waals surface area contributed by atoms with Gasteiger partial charge in [0, 0.05) is 12.5 Å². The second kappa shape index (κ2) is 10.3. The van der Waals surface area contributed by atoms with Crippen molar-refractivity contribution in [3.63, 3.8) is 0 Å². The number of likely N-dealkylation sites (tertiary alicyclic amines) is 1. The highest BCUT2D eigenvalue weighted by molar-refractivity contribution is 7.18. The van der Waals surface area contributed by atoms with Gasteiger partial charge in [-0.3, -0.25) is 9.69 Å². The Morgan fingerprint density at radius 3 is 2.62 bits per heavy atom. The summed E-state index contributed by atoms with van der Waals surface area (Å²) in [5.74, 6) is 2.00. The number of methoxy groups -OCH3 is 2. The molecule has 0 bridgehead atoms. The predicted octanol–water partition coefficient (Wildman–Crippen LogP) is 4.24. The van der Waals surface area contributed by atoms with Gasteiger partial charge in [-0.1, -0.05) is 18.2 Å². The predicted molar refractivity (Wildman–Crippen MR) is 129 cm³/mol. The third-order valence-corrected chi connectivity index (χ3v) is 7.48. The van der Waals surface area contributed by atoms with Crippen molar-refractivity contribution < 1.29 is 14.3 Å². The summed E-state index contributed by atoms with van der Waals surface area (Å²) < 4.78 is 11.9. The number of rotatable bonds is 8. The zero-order valence-corrected chi connectivity index (χ0v) is 19.8. The van der Waals surface area contributed by atoms with E-state index in [-0.39, 0.29) is 11.9 Å². The summed E-state index contributed by atoms with van der Waals surface area (Å²) in [6.45, 7) is 4.44. The average molecular weight is 454 g/mol. The molecule has 0 spiro atoms. The number of carbonyl (C=O) groups excluding carboxylic acids is 1. The largest absolute Gasteiger partial charge is 0.493 e. The Kier molecular flexibility index (Phi) is 7.27. The van der Waals surface area contributed by atoms with Crippen LogP contribution in [0.4, 0.5) is 0 Å².